The molecule has 0 unspecified atom stereocenters. The molecule has 3 rings (SSSR count). The van der Waals surface area contributed by atoms with Gasteiger partial charge in [0.2, 0.25) is 0 Å². The highest BCUT2D eigenvalue weighted by atomic mass is 35.5. The van der Waals surface area contributed by atoms with Crippen molar-refractivity contribution in [1.29, 1.82) is 0 Å². The number of pyridine rings is 1. The summed E-state index contributed by atoms with van der Waals surface area (Å²) in [6.07, 6.45) is -8.47. The number of benzene rings is 2. The zero-order valence-corrected chi connectivity index (χ0v) is 17.5. The van der Waals surface area contributed by atoms with Crippen molar-refractivity contribution in [3.8, 4) is 0 Å². The van der Waals surface area contributed by atoms with Crippen LogP contribution in [0.5, 0.6) is 0 Å². The molecule has 0 radical (unpaired) electrons. The number of carbonyl (C=O) groups excluding carboxylic acids is 1. The van der Waals surface area contributed by atoms with Gasteiger partial charge in [-0.1, -0.05) is 29.8 Å². The van der Waals surface area contributed by atoms with Crippen LogP contribution in [0.3, 0.4) is 0 Å². The Morgan fingerprint density at radius 2 is 1.62 bits per heavy atom. The van der Waals surface area contributed by atoms with Gasteiger partial charge in [-0.2, -0.15) is 26.3 Å². The van der Waals surface area contributed by atoms with Crippen LogP contribution in [0, 0.1) is 0 Å². The summed E-state index contributed by atoms with van der Waals surface area (Å²) < 4.78 is 76.9. The molecule has 0 bridgehead atoms. The summed E-state index contributed by atoms with van der Waals surface area (Å²) >= 11 is 7.07. The Bertz CT molecular complexity index is 1130. The number of rotatable bonds is 5. The lowest BCUT2D eigenvalue weighted by Gasteiger charge is -2.13. The van der Waals surface area contributed by atoms with Crippen LogP contribution in [-0.2, 0) is 18.1 Å². The van der Waals surface area contributed by atoms with E-state index in [9.17, 15) is 31.1 Å². The predicted molar refractivity (Wildman–Crippen MR) is 110 cm³/mol. The van der Waals surface area contributed by atoms with Crippen molar-refractivity contribution in [3.05, 3.63) is 88.2 Å². The number of para-hydroxylation sites is 1. The van der Waals surface area contributed by atoms with Crippen LogP contribution in [-0.4, -0.2) is 10.9 Å². The van der Waals surface area contributed by atoms with Gasteiger partial charge >= 0.3 is 12.4 Å². The topological polar surface area (TPSA) is 42.0 Å². The first kappa shape index (κ1) is 23.9. The zero-order valence-electron chi connectivity index (χ0n) is 15.9. The third-order valence-electron chi connectivity index (χ3n) is 4.20. The first-order valence-electron chi connectivity index (χ1n) is 8.87. The third kappa shape index (κ3) is 5.95. The number of alkyl halides is 6. The first-order chi connectivity index (χ1) is 14.9. The molecule has 32 heavy (non-hydrogen) atoms. The number of nitrogens with one attached hydrogen (secondary N) is 1. The van der Waals surface area contributed by atoms with Gasteiger partial charge in [0.05, 0.1) is 27.5 Å². The molecule has 1 aromatic heterocycles. The van der Waals surface area contributed by atoms with E-state index in [-0.39, 0.29) is 22.0 Å². The van der Waals surface area contributed by atoms with Crippen LogP contribution in [0.1, 0.15) is 27.2 Å². The molecule has 1 N–H and O–H groups in total. The molecule has 0 saturated heterocycles. The number of carbonyl (C=O) groups is 1. The number of hydrogen-bond donors (Lipinski definition) is 1. The maximum absolute atomic E-state index is 12.9. The molecular weight excluding hydrogens is 478 g/mol. The molecule has 2 aromatic carbocycles. The molecule has 0 aliphatic carbocycles. The number of halogens is 7. The smallest absolute Gasteiger partial charge is 0.321 e. The van der Waals surface area contributed by atoms with Crippen molar-refractivity contribution >= 4 is 35.0 Å². The second-order valence-corrected chi connectivity index (χ2v) is 7.89. The fourth-order valence-corrected chi connectivity index (χ4v) is 3.88. The quantitative estimate of drug-likeness (QED) is 0.301. The van der Waals surface area contributed by atoms with Gasteiger partial charge in [0.15, 0.2) is 0 Å². The number of aromatic nitrogens is 1. The summed E-state index contributed by atoms with van der Waals surface area (Å²) in [6, 6.07) is 11.3. The van der Waals surface area contributed by atoms with Crippen LogP contribution >= 0.6 is 23.4 Å². The maximum Gasteiger partial charge on any atom is 0.417 e. The minimum absolute atomic E-state index is 0.105. The maximum atomic E-state index is 12.9. The Hall–Kier alpha value is -2.72. The highest BCUT2D eigenvalue weighted by molar-refractivity contribution is 7.98. The van der Waals surface area contributed by atoms with E-state index in [0.29, 0.717) is 16.8 Å². The van der Waals surface area contributed by atoms with Crippen LogP contribution < -0.4 is 5.32 Å². The van der Waals surface area contributed by atoms with E-state index in [1.54, 1.807) is 24.3 Å². The van der Waals surface area contributed by atoms with Crippen molar-refractivity contribution in [2.24, 2.45) is 0 Å². The Labute approximate surface area is 187 Å². The summed E-state index contributed by atoms with van der Waals surface area (Å²) in [5.74, 6) is -0.636. The number of thioether (sulfide) groups is 1. The van der Waals surface area contributed by atoms with Gasteiger partial charge in [-0.25, -0.2) is 0 Å². The third-order valence-corrected chi connectivity index (χ3v) is 5.61. The van der Waals surface area contributed by atoms with Gasteiger partial charge in [0.25, 0.3) is 5.91 Å². The fraction of sp³-hybridized carbons (Fsp3) is 0.143. The van der Waals surface area contributed by atoms with Gasteiger partial charge in [-0.05, 0) is 36.4 Å². The standard InChI is InChI=1S/C21H13ClF6N2OS/c22-15-9-14(21(26,27)28)10-29-17(15)11-32-18-7-2-1-6-16(18)30-19(31)12-4-3-5-13(8-12)20(23,24)25/h1-10H,11H2,(H,30,31). The minimum Gasteiger partial charge on any atom is -0.321 e. The first-order valence-corrected chi connectivity index (χ1v) is 10.2. The van der Waals surface area contributed by atoms with Gasteiger partial charge in [-0.3, -0.25) is 9.78 Å². The fourth-order valence-electron chi connectivity index (χ4n) is 2.60. The molecule has 168 valence electrons. The zero-order chi connectivity index (χ0) is 23.5. The van der Waals surface area contributed by atoms with E-state index >= 15 is 0 Å². The van der Waals surface area contributed by atoms with Gasteiger partial charge in [0.1, 0.15) is 0 Å². The van der Waals surface area contributed by atoms with E-state index in [0.717, 1.165) is 36.0 Å². The Balaban J connectivity index is 1.75. The second kappa shape index (κ2) is 9.41. The summed E-state index contributed by atoms with van der Waals surface area (Å²) in [5, 5.41) is 2.40. The van der Waals surface area contributed by atoms with Crippen molar-refractivity contribution in [2.75, 3.05) is 5.32 Å². The normalized spacial score (nSPS) is 12.0. The average Bonchev–Trinajstić information content (AvgIpc) is 2.72. The lowest BCUT2D eigenvalue weighted by atomic mass is 10.1. The molecule has 0 aliphatic rings. The summed E-state index contributed by atoms with van der Waals surface area (Å²) in [7, 11) is 0. The van der Waals surface area contributed by atoms with E-state index < -0.39 is 29.4 Å². The minimum atomic E-state index is -4.59. The number of nitrogens with zero attached hydrogens (tertiary/aromatic N) is 1. The monoisotopic (exact) mass is 490 g/mol. The predicted octanol–water partition coefficient (Wildman–Crippen LogP) is 7.32. The summed E-state index contributed by atoms with van der Waals surface area (Å²) in [4.78, 5) is 16.8. The van der Waals surface area contributed by atoms with Gasteiger partial charge < -0.3 is 5.32 Å². The van der Waals surface area contributed by atoms with E-state index in [1.165, 1.54) is 6.07 Å². The molecule has 1 amide bonds. The largest absolute Gasteiger partial charge is 0.417 e. The second-order valence-electron chi connectivity index (χ2n) is 6.47. The van der Waals surface area contributed by atoms with Crippen LogP contribution in [0.25, 0.3) is 0 Å². The Morgan fingerprint density at radius 1 is 0.938 bits per heavy atom. The van der Waals surface area contributed by atoms with Crippen molar-refractivity contribution in [3.63, 3.8) is 0 Å². The van der Waals surface area contributed by atoms with E-state index in [2.05, 4.69) is 10.3 Å². The molecule has 3 aromatic rings. The SMILES string of the molecule is O=C(Nc1ccccc1SCc1ncc(C(F)(F)F)cc1Cl)c1cccc(C(F)(F)F)c1. The lowest BCUT2D eigenvalue weighted by molar-refractivity contribution is -0.138. The number of anilines is 1. The number of hydrogen-bond acceptors (Lipinski definition) is 3. The Morgan fingerprint density at radius 3 is 2.28 bits per heavy atom. The highest BCUT2D eigenvalue weighted by Gasteiger charge is 2.32. The molecule has 0 aliphatic heterocycles. The molecule has 0 atom stereocenters. The molecule has 0 saturated carbocycles. The molecule has 1 heterocycles. The molecular formula is C21H13ClF6N2OS. The lowest BCUT2D eigenvalue weighted by Crippen LogP contribution is -2.14. The van der Waals surface area contributed by atoms with Crippen LogP contribution in [0.4, 0.5) is 32.0 Å². The van der Waals surface area contributed by atoms with Crippen molar-refractivity contribution in [2.45, 2.75) is 23.0 Å². The van der Waals surface area contributed by atoms with Gasteiger partial charge in [0, 0.05) is 22.4 Å². The molecule has 3 nitrogen and oxygen atoms in total. The number of amides is 1. The van der Waals surface area contributed by atoms with Crippen molar-refractivity contribution in [1.82, 2.24) is 4.98 Å². The van der Waals surface area contributed by atoms with E-state index in [1.807, 2.05) is 0 Å². The Kier molecular flexibility index (Phi) is 7.04. The van der Waals surface area contributed by atoms with E-state index in [4.69, 9.17) is 11.6 Å². The van der Waals surface area contributed by atoms with Crippen LogP contribution in [0.2, 0.25) is 5.02 Å². The van der Waals surface area contributed by atoms with Gasteiger partial charge in [-0.15, -0.1) is 11.8 Å². The molecule has 0 fully saturated rings. The summed E-state index contributed by atoms with van der Waals surface area (Å²) in [5.41, 5.74) is -1.56. The average molecular weight is 491 g/mol. The molecule has 11 heteroatoms. The highest BCUT2D eigenvalue weighted by Crippen LogP contribution is 2.35. The van der Waals surface area contributed by atoms with Crippen LogP contribution in [0.15, 0.2) is 65.7 Å². The summed E-state index contributed by atoms with van der Waals surface area (Å²) in [6.45, 7) is 0. The molecule has 0 spiro atoms. The van der Waals surface area contributed by atoms with Crippen molar-refractivity contribution < 1.29 is 31.1 Å².